The van der Waals surface area contributed by atoms with Gasteiger partial charge in [0.15, 0.2) is 0 Å². The normalized spacial score (nSPS) is 10.9. The van der Waals surface area contributed by atoms with Crippen LogP contribution in [0.25, 0.3) is 5.00 Å². The van der Waals surface area contributed by atoms with Gasteiger partial charge in [-0.2, -0.15) is 0 Å². The summed E-state index contributed by atoms with van der Waals surface area (Å²) in [4.78, 5) is 12.7. The monoisotopic (exact) mass is 340 g/mol. The second-order valence-electron chi connectivity index (χ2n) is 5.73. The molecule has 24 heavy (non-hydrogen) atoms. The fourth-order valence-electron chi connectivity index (χ4n) is 2.72. The highest BCUT2D eigenvalue weighted by molar-refractivity contribution is 7.15. The van der Waals surface area contributed by atoms with Crippen molar-refractivity contribution < 1.29 is 9.90 Å². The van der Waals surface area contributed by atoms with Crippen molar-refractivity contribution in [1.29, 1.82) is 0 Å². The van der Waals surface area contributed by atoms with Gasteiger partial charge in [-0.1, -0.05) is 30.3 Å². The standard InChI is InChI=1S/C19H20N2O2S/c1-13-14(2)24-18(17(13)19(22)23)21-10-6-9-16(21)12-20-11-15-7-4-3-5-8-15/h3-10,20H,11-12H2,1-2H3,(H,22,23). The molecule has 3 aromatic rings. The van der Waals surface area contributed by atoms with Crippen LogP contribution in [0.4, 0.5) is 0 Å². The number of carbonyl (C=O) groups is 1. The molecule has 2 N–H and O–H groups in total. The lowest BCUT2D eigenvalue weighted by Gasteiger charge is -2.10. The van der Waals surface area contributed by atoms with Crippen LogP contribution in [0.3, 0.4) is 0 Å². The van der Waals surface area contributed by atoms with Crippen LogP contribution < -0.4 is 5.32 Å². The number of carboxylic acids is 1. The topological polar surface area (TPSA) is 54.3 Å². The van der Waals surface area contributed by atoms with Crippen molar-refractivity contribution in [2.45, 2.75) is 26.9 Å². The van der Waals surface area contributed by atoms with Crippen LogP contribution in [-0.4, -0.2) is 15.6 Å². The van der Waals surface area contributed by atoms with Gasteiger partial charge in [-0.25, -0.2) is 4.79 Å². The maximum Gasteiger partial charge on any atom is 0.339 e. The SMILES string of the molecule is Cc1sc(-n2cccc2CNCc2ccccc2)c(C(=O)O)c1C. The Kier molecular flexibility index (Phi) is 4.83. The fraction of sp³-hybridized carbons (Fsp3) is 0.211. The molecule has 0 saturated carbocycles. The average molecular weight is 340 g/mol. The van der Waals surface area contributed by atoms with E-state index in [0.717, 1.165) is 27.7 Å². The van der Waals surface area contributed by atoms with Crippen molar-refractivity contribution in [1.82, 2.24) is 9.88 Å². The van der Waals surface area contributed by atoms with E-state index in [2.05, 4.69) is 17.4 Å². The molecule has 0 spiro atoms. The molecular weight excluding hydrogens is 320 g/mol. The molecule has 0 aliphatic heterocycles. The summed E-state index contributed by atoms with van der Waals surface area (Å²) < 4.78 is 1.98. The summed E-state index contributed by atoms with van der Waals surface area (Å²) in [6, 6.07) is 14.2. The van der Waals surface area contributed by atoms with Crippen molar-refractivity contribution in [3.05, 3.63) is 75.9 Å². The van der Waals surface area contributed by atoms with E-state index in [-0.39, 0.29) is 0 Å². The fourth-order valence-corrected chi connectivity index (χ4v) is 3.88. The first-order valence-corrected chi connectivity index (χ1v) is 8.64. The molecule has 2 aromatic heterocycles. The average Bonchev–Trinajstić information content (AvgIpc) is 3.13. The first kappa shape index (κ1) is 16.5. The predicted molar refractivity (Wildman–Crippen MR) is 97.1 cm³/mol. The van der Waals surface area contributed by atoms with E-state index in [1.807, 2.05) is 54.9 Å². The van der Waals surface area contributed by atoms with Crippen LogP contribution in [0.15, 0.2) is 48.7 Å². The van der Waals surface area contributed by atoms with Gasteiger partial charge in [0.1, 0.15) is 5.00 Å². The van der Waals surface area contributed by atoms with Gasteiger partial charge >= 0.3 is 5.97 Å². The molecule has 0 unspecified atom stereocenters. The Morgan fingerprint density at radius 2 is 1.88 bits per heavy atom. The van der Waals surface area contributed by atoms with Crippen molar-refractivity contribution in [2.24, 2.45) is 0 Å². The quantitative estimate of drug-likeness (QED) is 0.709. The Morgan fingerprint density at radius 1 is 1.12 bits per heavy atom. The summed E-state index contributed by atoms with van der Waals surface area (Å²) in [5.41, 5.74) is 3.52. The summed E-state index contributed by atoms with van der Waals surface area (Å²) in [6.45, 7) is 5.29. The number of aromatic nitrogens is 1. The highest BCUT2D eigenvalue weighted by Gasteiger charge is 2.21. The number of nitrogens with one attached hydrogen (secondary N) is 1. The van der Waals surface area contributed by atoms with Crippen LogP contribution in [-0.2, 0) is 13.1 Å². The van der Waals surface area contributed by atoms with Crippen LogP contribution in [0.1, 0.15) is 32.1 Å². The molecular formula is C19H20N2O2S. The summed E-state index contributed by atoms with van der Waals surface area (Å²) in [5.74, 6) is -0.872. The number of hydrogen-bond donors (Lipinski definition) is 2. The van der Waals surface area contributed by atoms with Crippen LogP contribution in [0.2, 0.25) is 0 Å². The number of aromatic carboxylic acids is 1. The number of hydrogen-bond acceptors (Lipinski definition) is 3. The predicted octanol–water partition coefficient (Wildman–Crippen LogP) is 4.14. The highest BCUT2D eigenvalue weighted by Crippen LogP contribution is 2.32. The number of aryl methyl sites for hydroxylation is 1. The van der Waals surface area contributed by atoms with Crippen molar-refractivity contribution in [3.63, 3.8) is 0 Å². The van der Waals surface area contributed by atoms with Crippen molar-refractivity contribution in [3.8, 4) is 5.00 Å². The van der Waals surface area contributed by atoms with Crippen molar-refractivity contribution >= 4 is 17.3 Å². The largest absolute Gasteiger partial charge is 0.478 e. The van der Waals surface area contributed by atoms with Gasteiger partial charge in [-0.05, 0) is 37.1 Å². The summed E-state index contributed by atoms with van der Waals surface area (Å²) in [5, 5.41) is 13.7. The van der Waals surface area contributed by atoms with E-state index in [1.165, 1.54) is 16.9 Å². The maximum atomic E-state index is 11.6. The molecule has 0 aliphatic rings. The van der Waals surface area contributed by atoms with E-state index in [9.17, 15) is 9.90 Å². The molecule has 5 heteroatoms. The zero-order valence-electron chi connectivity index (χ0n) is 13.7. The molecule has 0 saturated heterocycles. The molecule has 0 radical (unpaired) electrons. The lowest BCUT2D eigenvalue weighted by atomic mass is 10.1. The van der Waals surface area contributed by atoms with E-state index in [1.54, 1.807) is 0 Å². The minimum Gasteiger partial charge on any atom is -0.478 e. The summed E-state index contributed by atoms with van der Waals surface area (Å²) in [6.07, 6.45) is 1.93. The third-order valence-corrected chi connectivity index (χ3v) is 5.32. The van der Waals surface area contributed by atoms with E-state index in [0.29, 0.717) is 12.1 Å². The molecule has 0 aliphatic carbocycles. The Labute approximate surface area is 145 Å². The van der Waals surface area contributed by atoms with Gasteiger partial charge in [0.05, 0.1) is 5.56 Å². The first-order chi connectivity index (χ1) is 11.6. The zero-order valence-corrected chi connectivity index (χ0v) is 14.6. The number of nitrogens with zero attached hydrogens (tertiary/aromatic N) is 1. The van der Waals surface area contributed by atoms with Gasteiger partial charge in [0, 0.05) is 29.9 Å². The second-order valence-corrected chi connectivity index (χ2v) is 6.93. The minimum atomic E-state index is -0.872. The van der Waals surface area contributed by atoms with E-state index < -0.39 is 5.97 Å². The van der Waals surface area contributed by atoms with Crippen LogP contribution in [0, 0.1) is 13.8 Å². The molecule has 1 aromatic carbocycles. The molecule has 0 atom stereocenters. The lowest BCUT2D eigenvalue weighted by Crippen LogP contribution is -2.15. The van der Waals surface area contributed by atoms with E-state index >= 15 is 0 Å². The lowest BCUT2D eigenvalue weighted by molar-refractivity contribution is 0.0696. The van der Waals surface area contributed by atoms with Crippen LogP contribution in [0.5, 0.6) is 0 Å². The van der Waals surface area contributed by atoms with Gasteiger partial charge in [0.25, 0.3) is 0 Å². The molecule has 0 fully saturated rings. The summed E-state index contributed by atoms with van der Waals surface area (Å²) in [7, 11) is 0. The van der Waals surface area contributed by atoms with Crippen LogP contribution >= 0.6 is 11.3 Å². The number of benzene rings is 1. The Balaban J connectivity index is 1.81. The minimum absolute atomic E-state index is 0.401. The molecule has 0 bridgehead atoms. The third kappa shape index (κ3) is 3.27. The Morgan fingerprint density at radius 3 is 2.58 bits per heavy atom. The van der Waals surface area contributed by atoms with Gasteiger partial charge < -0.3 is 15.0 Å². The smallest absolute Gasteiger partial charge is 0.339 e. The molecule has 4 nitrogen and oxygen atoms in total. The van der Waals surface area contributed by atoms with Gasteiger partial charge in [0.2, 0.25) is 0 Å². The number of rotatable bonds is 6. The van der Waals surface area contributed by atoms with Gasteiger partial charge in [-0.3, -0.25) is 0 Å². The molecule has 2 heterocycles. The van der Waals surface area contributed by atoms with Crippen molar-refractivity contribution in [2.75, 3.05) is 0 Å². The first-order valence-electron chi connectivity index (χ1n) is 7.82. The highest BCUT2D eigenvalue weighted by atomic mass is 32.1. The zero-order chi connectivity index (χ0) is 17.1. The Hall–Kier alpha value is -2.37. The van der Waals surface area contributed by atoms with E-state index in [4.69, 9.17) is 0 Å². The number of thiophene rings is 1. The second kappa shape index (κ2) is 7.03. The molecule has 0 amide bonds. The summed E-state index contributed by atoms with van der Waals surface area (Å²) >= 11 is 1.53. The Bertz CT molecular complexity index is 850. The van der Waals surface area contributed by atoms with Gasteiger partial charge in [-0.15, -0.1) is 11.3 Å². The molecule has 124 valence electrons. The maximum absolute atomic E-state index is 11.6. The number of carboxylic acid groups (broad SMARTS) is 1. The molecule has 3 rings (SSSR count). The third-order valence-electron chi connectivity index (χ3n) is 4.11.